The fraction of sp³-hybridized carbons (Fsp3) is 0.143. The summed E-state index contributed by atoms with van der Waals surface area (Å²) in [5, 5.41) is 8.84. The molecule has 0 aliphatic carbocycles. The SMILES string of the molecule is CN(Cc1ccccc1)C(=O)c1ccc(C(=O)O)s1. The van der Waals surface area contributed by atoms with Crippen molar-refractivity contribution >= 4 is 23.2 Å². The number of aromatic carboxylic acids is 1. The predicted molar refractivity (Wildman–Crippen MR) is 73.5 cm³/mol. The lowest BCUT2D eigenvalue weighted by Gasteiger charge is -2.16. The first kappa shape index (κ1) is 13.3. The number of carboxylic acid groups (broad SMARTS) is 1. The maximum atomic E-state index is 12.1. The summed E-state index contributed by atoms with van der Waals surface area (Å²) in [5.41, 5.74) is 1.04. The smallest absolute Gasteiger partial charge is 0.345 e. The number of rotatable bonds is 4. The summed E-state index contributed by atoms with van der Waals surface area (Å²) in [5.74, 6) is -1.17. The van der Waals surface area contributed by atoms with Gasteiger partial charge in [0.2, 0.25) is 0 Å². The van der Waals surface area contributed by atoms with Gasteiger partial charge in [-0.25, -0.2) is 4.79 Å². The largest absolute Gasteiger partial charge is 0.477 e. The van der Waals surface area contributed by atoms with Crippen LogP contribution in [-0.2, 0) is 6.54 Å². The summed E-state index contributed by atoms with van der Waals surface area (Å²) in [7, 11) is 1.70. The van der Waals surface area contributed by atoms with E-state index in [0.717, 1.165) is 16.9 Å². The summed E-state index contributed by atoms with van der Waals surface area (Å²) < 4.78 is 0. The number of nitrogens with zero attached hydrogens (tertiary/aromatic N) is 1. The number of hydrogen-bond donors (Lipinski definition) is 1. The Hall–Kier alpha value is -2.14. The highest BCUT2D eigenvalue weighted by Gasteiger charge is 2.16. The highest BCUT2D eigenvalue weighted by atomic mass is 32.1. The molecule has 0 saturated carbocycles. The molecule has 19 heavy (non-hydrogen) atoms. The molecule has 0 atom stereocenters. The Kier molecular flexibility index (Phi) is 3.97. The van der Waals surface area contributed by atoms with E-state index in [9.17, 15) is 9.59 Å². The van der Waals surface area contributed by atoms with Gasteiger partial charge in [-0.15, -0.1) is 11.3 Å². The Morgan fingerprint density at radius 2 is 1.74 bits per heavy atom. The number of hydrogen-bond acceptors (Lipinski definition) is 3. The van der Waals surface area contributed by atoms with Gasteiger partial charge >= 0.3 is 5.97 Å². The van der Waals surface area contributed by atoms with Gasteiger partial charge in [0.05, 0.1) is 4.88 Å². The molecule has 0 aliphatic rings. The fourth-order valence-corrected chi connectivity index (χ4v) is 2.52. The van der Waals surface area contributed by atoms with E-state index in [1.807, 2.05) is 30.3 Å². The average Bonchev–Trinajstić information content (AvgIpc) is 2.88. The zero-order valence-corrected chi connectivity index (χ0v) is 11.2. The number of carbonyl (C=O) groups is 2. The van der Waals surface area contributed by atoms with Crippen LogP contribution >= 0.6 is 11.3 Å². The molecule has 1 aromatic carbocycles. The first-order chi connectivity index (χ1) is 9.08. The van der Waals surface area contributed by atoms with E-state index >= 15 is 0 Å². The Morgan fingerprint density at radius 3 is 2.32 bits per heavy atom. The van der Waals surface area contributed by atoms with Crippen LogP contribution in [0.3, 0.4) is 0 Å². The molecule has 0 spiro atoms. The molecule has 0 radical (unpaired) electrons. The second kappa shape index (κ2) is 5.67. The van der Waals surface area contributed by atoms with Crippen LogP contribution in [0.4, 0.5) is 0 Å². The lowest BCUT2D eigenvalue weighted by atomic mass is 10.2. The standard InChI is InChI=1S/C14H13NO3S/c1-15(9-10-5-3-2-4-6-10)13(16)11-7-8-12(19-11)14(17)18/h2-8H,9H2,1H3,(H,17,18). The summed E-state index contributed by atoms with van der Waals surface area (Å²) in [6.45, 7) is 0.500. The molecule has 0 unspecified atom stereocenters. The Morgan fingerprint density at radius 1 is 1.11 bits per heavy atom. The zero-order valence-electron chi connectivity index (χ0n) is 10.4. The first-order valence-corrected chi connectivity index (χ1v) is 6.52. The van der Waals surface area contributed by atoms with Gasteiger partial charge in [-0.1, -0.05) is 30.3 Å². The van der Waals surface area contributed by atoms with Crippen LogP contribution in [0.1, 0.15) is 24.9 Å². The zero-order chi connectivity index (χ0) is 13.8. The molecule has 0 aliphatic heterocycles. The van der Waals surface area contributed by atoms with Crippen LogP contribution in [0.25, 0.3) is 0 Å². The highest BCUT2D eigenvalue weighted by Crippen LogP contribution is 2.18. The van der Waals surface area contributed by atoms with E-state index in [1.165, 1.54) is 6.07 Å². The molecule has 0 fully saturated rings. The Labute approximate surface area is 114 Å². The average molecular weight is 275 g/mol. The topological polar surface area (TPSA) is 57.6 Å². The molecular weight excluding hydrogens is 262 g/mol. The number of carbonyl (C=O) groups excluding carboxylic acids is 1. The molecular formula is C14H13NO3S. The summed E-state index contributed by atoms with van der Waals surface area (Å²) in [6.07, 6.45) is 0. The molecule has 1 N–H and O–H groups in total. The van der Waals surface area contributed by atoms with Crippen LogP contribution in [-0.4, -0.2) is 28.9 Å². The second-order valence-electron chi connectivity index (χ2n) is 4.12. The minimum absolute atomic E-state index is 0.165. The Balaban J connectivity index is 2.08. The normalized spacial score (nSPS) is 10.2. The van der Waals surface area contributed by atoms with Gasteiger partial charge in [-0.2, -0.15) is 0 Å². The van der Waals surface area contributed by atoms with Crippen molar-refractivity contribution in [1.82, 2.24) is 4.90 Å². The van der Waals surface area contributed by atoms with Crippen molar-refractivity contribution in [2.75, 3.05) is 7.05 Å². The predicted octanol–water partition coefficient (Wildman–Crippen LogP) is 2.72. The highest BCUT2D eigenvalue weighted by molar-refractivity contribution is 7.15. The molecule has 1 heterocycles. The number of carboxylic acids is 1. The summed E-state index contributed by atoms with van der Waals surface area (Å²) in [4.78, 5) is 25.1. The van der Waals surface area contributed by atoms with Crippen LogP contribution < -0.4 is 0 Å². The van der Waals surface area contributed by atoms with Crippen molar-refractivity contribution in [2.24, 2.45) is 0 Å². The van der Waals surface area contributed by atoms with E-state index in [4.69, 9.17) is 5.11 Å². The van der Waals surface area contributed by atoms with E-state index in [0.29, 0.717) is 11.4 Å². The van der Waals surface area contributed by atoms with Crippen molar-refractivity contribution in [2.45, 2.75) is 6.54 Å². The van der Waals surface area contributed by atoms with Crippen LogP contribution in [0, 0.1) is 0 Å². The monoisotopic (exact) mass is 275 g/mol. The van der Waals surface area contributed by atoms with Crippen molar-refractivity contribution in [3.63, 3.8) is 0 Å². The molecule has 0 bridgehead atoms. The quantitative estimate of drug-likeness (QED) is 0.933. The van der Waals surface area contributed by atoms with Gasteiger partial charge in [-0.05, 0) is 17.7 Å². The second-order valence-corrected chi connectivity index (χ2v) is 5.20. The summed E-state index contributed by atoms with van der Waals surface area (Å²) in [6, 6.07) is 12.7. The van der Waals surface area contributed by atoms with E-state index < -0.39 is 5.97 Å². The molecule has 4 nitrogen and oxygen atoms in total. The van der Waals surface area contributed by atoms with Crippen molar-refractivity contribution in [3.8, 4) is 0 Å². The van der Waals surface area contributed by atoms with Crippen molar-refractivity contribution < 1.29 is 14.7 Å². The Bertz CT molecular complexity index is 592. The van der Waals surface area contributed by atoms with Gasteiger partial charge in [0.15, 0.2) is 0 Å². The minimum atomic E-state index is -1.00. The van der Waals surface area contributed by atoms with E-state index in [2.05, 4.69) is 0 Å². The molecule has 0 saturated heterocycles. The molecule has 2 aromatic rings. The van der Waals surface area contributed by atoms with Gasteiger partial charge < -0.3 is 10.0 Å². The molecule has 98 valence electrons. The molecule has 1 amide bonds. The maximum Gasteiger partial charge on any atom is 0.345 e. The molecule has 5 heteroatoms. The summed E-state index contributed by atoms with van der Waals surface area (Å²) >= 11 is 0.997. The minimum Gasteiger partial charge on any atom is -0.477 e. The number of thiophene rings is 1. The van der Waals surface area contributed by atoms with E-state index in [-0.39, 0.29) is 10.8 Å². The lowest BCUT2D eigenvalue weighted by Crippen LogP contribution is -2.25. The van der Waals surface area contributed by atoms with Crippen molar-refractivity contribution in [3.05, 3.63) is 57.8 Å². The maximum absolute atomic E-state index is 12.1. The van der Waals surface area contributed by atoms with Crippen LogP contribution in [0.2, 0.25) is 0 Å². The lowest BCUT2D eigenvalue weighted by molar-refractivity contribution is 0.0701. The first-order valence-electron chi connectivity index (χ1n) is 5.70. The van der Waals surface area contributed by atoms with E-state index in [1.54, 1.807) is 18.0 Å². The van der Waals surface area contributed by atoms with Crippen LogP contribution in [0.15, 0.2) is 42.5 Å². The number of benzene rings is 1. The molecule has 1 aromatic heterocycles. The van der Waals surface area contributed by atoms with Gasteiger partial charge in [0.25, 0.3) is 5.91 Å². The van der Waals surface area contributed by atoms with Gasteiger partial charge in [0, 0.05) is 13.6 Å². The third-order valence-corrected chi connectivity index (χ3v) is 3.70. The third kappa shape index (κ3) is 3.20. The van der Waals surface area contributed by atoms with Crippen molar-refractivity contribution in [1.29, 1.82) is 0 Å². The van der Waals surface area contributed by atoms with Crippen LogP contribution in [0.5, 0.6) is 0 Å². The van der Waals surface area contributed by atoms with Gasteiger partial charge in [0.1, 0.15) is 4.88 Å². The van der Waals surface area contributed by atoms with Gasteiger partial charge in [-0.3, -0.25) is 4.79 Å². The number of amides is 1. The third-order valence-electron chi connectivity index (χ3n) is 2.64. The molecule has 2 rings (SSSR count). The fourth-order valence-electron chi connectivity index (χ4n) is 1.68.